The third-order valence-electron chi connectivity index (χ3n) is 3.98. The van der Waals surface area contributed by atoms with Crippen molar-refractivity contribution < 1.29 is 15.0 Å². The molecule has 0 unspecified atom stereocenters. The van der Waals surface area contributed by atoms with E-state index < -0.39 is 0 Å². The van der Waals surface area contributed by atoms with Gasteiger partial charge in [-0.2, -0.15) is 0 Å². The van der Waals surface area contributed by atoms with Crippen LogP contribution in [0.25, 0.3) is 10.9 Å². The number of benzene rings is 2. The number of fused-ring (bicyclic) bond motifs is 1. The number of para-hydroxylation sites is 1. The summed E-state index contributed by atoms with van der Waals surface area (Å²) in [5, 5.41) is 22.8. The molecule has 4 N–H and O–H groups in total. The molecule has 0 aliphatic rings. The third kappa shape index (κ3) is 3.87. The van der Waals surface area contributed by atoms with Gasteiger partial charge in [-0.15, -0.1) is 0 Å². The van der Waals surface area contributed by atoms with Crippen LogP contribution >= 0.6 is 0 Å². The number of amides is 1. The Morgan fingerprint density at radius 3 is 2.62 bits per heavy atom. The zero-order valence-corrected chi connectivity index (χ0v) is 13.2. The molecule has 3 rings (SSSR count). The molecule has 0 atom stereocenters. The van der Waals surface area contributed by atoms with Crippen LogP contribution < -0.4 is 5.32 Å². The van der Waals surface area contributed by atoms with Gasteiger partial charge >= 0.3 is 0 Å². The van der Waals surface area contributed by atoms with E-state index in [-0.39, 0.29) is 17.4 Å². The average molecular weight is 324 g/mol. The largest absolute Gasteiger partial charge is 0.504 e. The fourth-order valence-electron chi connectivity index (χ4n) is 2.68. The number of rotatable bonds is 6. The molecule has 5 heteroatoms. The molecule has 0 fully saturated rings. The van der Waals surface area contributed by atoms with Crippen LogP contribution in [-0.4, -0.2) is 27.6 Å². The van der Waals surface area contributed by atoms with Gasteiger partial charge in [-0.1, -0.05) is 24.3 Å². The summed E-state index contributed by atoms with van der Waals surface area (Å²) < 4.78 is 0. The van der Waals surface area contributed by atoms with E-state index in [4.69, 9.17) is 0 Å². The minimum Gasteiger partial charge on any atom is -0.504 e. The molecule has 124 valence electrons. The first-order chi connectivity index (χ1) is 11.6. The maximum Gasteiger partial charge on any atom is 0.220 e. The van der Waals surface area contributed by atoms with Gasteiger partial charge in [0.2, 0.25) is 5.91 Å². The summed E-state index contributed by atoms with van der Waals surface area (Å²) in [4.78, 5) is 15.2. The molecular formula is C19H20N2O3. The summed E-state index contributed by atoms with van der Waals surface area (Å²) in [6, 6.07) is 14.8. The van der Waals surface area contributed by atoms with Crippen LogP contribution in [0.1, 0.15) is 17.7 Å². The van der Waals surface area contributed by atoms with E-state index in [1.807, 2.05) is 18.2 Å². The van der Waals surface area contributed by atoms with Gasteiger partial charge < -0.3 is 20.5 Å². The summed E-state index contributed by atoms with van der Waals surface area (Å²) in [6.07, 6.45) is 1.61. The van der Waals surface area contributed by atoms with Crippen LogP contribution in [0.4, 0.5) is 0 Å². The Labute approximate surface area is 140 Å². The number of phenolic OH excluding ortho intramolecular Hbond substituents is 2. The van der Waals surface area contributed by atoms with Gasteiger partial charge in [0.05, 0.1) is 0 Å². The van der Waals surface area contributed by atoms with Crippen LogP contribution in [-0.2, 0) is 17.6 Å². The smallest absolute Gasteiger partial charge is 0.220 e. The highest BCUT2D eigenvalue weighted by Gasteiger charge is 2.05. The molecule has 24 heavy (non-hydrogen) atoms. The third-order valence-corrected chi connectivity index (χ3v) is 3.98. The fourth-order valence-corrected chi connectivity index (χ4v) is 2.68. The monoisotopic (exact) mass is 324 g/mol. The molecule has 0 radical (unpaired) electrons. The summed E-state index contributed by atoms with van der Waals surface area (Å²) in [7, 11) is 0. The van der Waals surface area contributed by atoms with E-state index >= 15 is 0 Å². The van der Waals surface area contributed by atoms with Crippen molar-refractivity contribution in [2.45, 2.75) is 19.3 Å². The number of hydrogen-bond donors (Lipinski definition) is 4. The van der Waals surface area contributed by atoms with Crippen molar-refractivity contribution in [1.29, 1.82) is 0 Å². The summed E-state index contributed by atoms with van der Waals surface area (Å²) >= 11 is 0. The molecule has 0 aliphatic carbocycles. The molecule has 3 aromatic rings. The molecule has 0 spiro atoms. The van der Waals surface area contributed by atoms with Crippen molar-refractivity contribution in [1.82, 2.24) is 10.3 Å². The standard InChI is InChI=1S/C19H20N2O3/c22-17-7-5-13(11-18(17)23)6-8-19(24)20-10-9-15-12-14-3-1-2-4-16(14)21-15/h1-5,7,11-12,21-23H,6,8-10H2,(H,20,24). The van der Waals surface area contributed by atoms with Crippen molar-refractivity contribution in [3.63, 3.8) is 0 Å². The number of aromatic hydroxyl groups is 2. The Balaban J connectivity index is 1.44. The fraction of sp³-hybridized carbons (Fsp3) is 0.211. The van der Waals surface area contributed by atoms with Crippen LogP contribution in [0.2, 0.25) is 0 Å². The van der Waals surface area contributed by atoms with Crippen molar-refractivity contribution in [2.24, 2.45) is 0 Å². The number of aryl methyl sites for hydroxylation is 1. The van der Waals surface area contributed by atoms with E-state index in [1.165, 1.54) is 17.5 Å². The summed E-state index contributed by atoms with van der Waals surface area (Å²) in [6.45, 7) is 0.576. The van der Waals surface area contributed by atoms with Gasteiger partial charge in [0, 0.05) is 30.6 Å². The van der Waals surface area contributed by atoms with E-state index in [0.717, 1.165) is 23.2 Å². The highest BCUT2D eigenvalue weighted by Crippen LogP contribution is 2.25. The lowest BCUT2D eigenvalue weighted by atomic mass is 10.1. The maximum absolute atomic E-state index is 11.9. The van der Waals surface area contributed by atoms with E-state index in [1.54, 1.807) is 6.07 Å². The summed E-state index contributed by atoms with van der Waals surface area (Å²) in [5.41, 5.74) is 3.02. The zero-order valence-electron chi connectivity index (χ0n) is 13.2. The second-order valence-electron chi connectivity index (χ2n) is 5.80. The van der Waals surface area contributed by atoms with Crippen molar-refractivity contribution in [3.05, 3.63) is 59.8 Å². The number of hydrogen-bond acceptors (Lipinski definition) is 3. The minimum absolute atomic E-state index is 0.0290. The van der Waals surface area contributed by atoms with Crippen LogP contribution in [0.15, 0.2) is 48.5 Å². The molecule has 0 saturated heterocycles. The Morgan fingerprint density at radius 1 is 1.00 bits per heavy atom. The highest BCUT2D eigenvalue weighted by molar-refractivity contribution is 5.80. The first-order valence-electron chi connectivity index (χ1n) is 7.96. The number of H-pyrrole nitrogens is 1. The Bertz CT molecular complexity index is 822. The Morgan fingerprint density at radius 2 is 1.83 bits per heavy atom. The topological polar surface area (TPSA) is 85.3 Å². The van der Waals surface area contributed by atoms with Crippen LogP contribution in [0, 0.1) is 0 Å². The number of nitrogens with one attached hydrogen (secondary N) is 2. The van der Waals surface area contributed by atoms with Gasteiger partial charge in [0.25, 0.3) is 0 Å². The van der Waals surface area contributed by atoms with E-state index in [9.17, 15) is 15.0 Å². The summed E-state index contributed by atoms with van der Waals surface area (Å²) in [5.74, 6) is -0.341. The molecule has 1 aromatic heterocycles. The predicted octanol–water partition coefficient (Wildman–Crippen LogP) is 2.87. The highest BCUT2D eigenvalue weighted by atomic mass is 16.3. The van der Waals surface area contributed by atoms with E-state index in [0.29, 0.717) is 19.4 Å². The Kier molecular flexibility index (Phi) is 4.70. The minimum atomic E-state index is -0.160. The lowest BCUT2D eigenvalue weighted by Crippen LogP contribution is -2.25. The molecule has 0 bridgehead atoms. The number of carbonyl (C=O) groups is 1. The second-order valence-corrected chi connectivity index (χ2v) is 5.80. The first-order valence-corrected chi connectivity index (χ1v) is 7.96. The molecule has 0 aliphatic heterocycles. The maximum atomic E-state index is 11.9. The zero-order chi connectivity index (χ0) is 16.9. The number of carbonyl (C=O) groups excluding carboxylic acids is 1. The first kappa shape index (κ1) is 15.9. The lowest BCUT2D eigenvalue weighted by Gasteiger charge is -2.05. The van der Waals surface area contributed by atoms with Gasteiger partial charge in [-0.3, -0.25) is 4.79 Å². The second kappa shape index (κ2) is 7.08. The Hall–Kier alpha value is -2.95. The predicted molar refractivity (Wildman–Crippen MR) is 93.1 cm³/mol. The van der Waals surface area contributed by atoms with Crippen molar-refractivity contribution in [2.75, 3.05) is 6.54 Å². The van der Waals surface area contributed by atoms with Gasteiger partial charge in [-0.25, -0.2) is 0 Å². The average Bonchev–Trinajstić information content (AvgIpc) is 2.98. The van der Waals surface area contributed by atoms with Gasteiger partial charge in [0.15, 0.2) is 11.5 Å². The van der Waals surface area contributed by atoms with Gasteiger partial charge in [0.1, 0.15) is 0 Å². The van der Waals surface area contributed by atoms with Gasteiger partial charge in [-0.05, 0) is 41.6 Å². The SMILES string of the molecule is O=C(CCc1ccc(O)c(O)c1)NCCc1cc2ccccc2[nH]1. The quantitative estimate of drug-likeness (QED) is 0.526. The molecule has 5 nitrogen and oxygen atoms in total. The van der Waals surface area contributed by atoms with Crippen molar-refractivity contribution in [3.8, 4) is 11.5 Å². The molecule has 2 aromatic carbocycles. The van der Waals surface area contributed by atoms with Crippen LogP contribution in [0.3, 0.4) is 0 Å². The number of phenols is 2. The van der Waals surface area contributed by atoms with Crippen LogP contribution in [0.5, 0.6) is 11.5 Å². The van der Waals surface area contributed by atoms with Crippen molar-refractivity contribution >= 4 is 16.8 Å². The molecule has 0 saturated carbocycles. The normalized spacial score (nSPS) is 10.8. The number of aromatic amines is 1. The molecule has 1 amide bonds. The molecule has 1 heterocycles. The van der Waals surface area contributed by atoms with E-state index in [2.05, 4.69) is 22.4 Å². The number of aromatic nitrogens is 1. The lowest BCUT2D eigenvalue weighted by molar-refractivity contribution is -0.121. The molecular weight excluding hydrogens is 304 g/mol.